The van der Waals surface area contributed by atoms with E-state index in [1.165, 1.54) is 18.1 Å². The number of anilines is 1. The normalized spacial score (nSPS) is 21.1. The minimum atomic E-state index is -0.0734. The van der Waals surface area contributed by atoms with Crippen LogP contribution in [0.4, 0.5) is 5.69 Å². The Morgan fingerprint density at radius 1 is 1.19 bits per heavy atom. The number of carbonyl (C=O) groups excluding carboxylic acids is 2. The number of rotatable bonds is 3. The van der Waals surface area contributed by atoms with E-state index >= 15 is 0 Å². The maximum atomic E-state index is 12.5. The van der Waals surface area contributed by atoms with Crippen molar-refractivity contribution in [3.05, 3.63) is 69.2 Å². The maximum Gasteiger partial charge on any atom is 0.221 e. The molecular weight excluding hydrogens is 402 g/mol. The molecule has 27 heavy (non-hydrogen) atoms. The van der Waals surface area contributed by atoms with Gasteiger partial charge in [-0.1, -0.05) is 36.4 Å². The number of fused-ring (bicyclic) bond motifs is 3. The summed E-state index contributed by atoms with van der Waals surface area (Å²) in [4.78, 5) is 24.0. The lowest BCUT2D eigenvalue weighted by Gasteiger charge is -2.35. The Bertz CT molecular complexity index is 977. The average Bonchev–Trinajstić information content (AvgIpc) is 2.97. The second kappa shape index (κ2) is 6.75. The van der Waals surface area contributed by atoms with E-state index in [2.05, 4.69) is 58.5 Å². The van der Waals surface area contributed by atoms with E-state index < -0.39 is 0 Å². The lowest BCUT2D eigenvalue weighted by Crippen LogP contribution is -2.29. The summed E-state index contributed by atoms with van der Waals surface area (Å²) in [5.74, 6) is 0.119. The van der Waals surface area contributed by atoms with Gasteiger partial charge in [-0.05, 0) is 76.0 Å². The van der Waals surface area contributed by atoms with Gasteiger partial charge in [-0.3, -0.25) is 9.59 Å². The average molecular weight is 424 g/mol. The number of ketones is 1. The lowest BCUT2D eigenvalue weighted by atomic mass is 9.69. The van der Waals surface area contributed by atoms with Gasteiger partial charge in [-0.2, -0.15) is 0 Å². The largest absolute Gasteiger partial charge is 0.326 e. The monoisotopic (exact) mass is 423 g/mol. The molecule has 0 saturated carbocycles. The first kappa shape index (κ1) is 18.2. The van der Waals surface area contributed by atoms with Crippen molar-refractivity contribution in [2.24, 2.45) is 5.41 Å². The van der Waals surface area contributed by atoms with Gasteiger partial charge in [0, 0.05) is 24.4 Å². The van der Waals surface area contributed by atoms with E-state index in [9.17, 15) is 9.59 Å². The van der Waals surface area contributed by atoms with Crippen molar-refractivity contribution in [3.63, 3.8) is 0 Å². The van der Waals surface area contributed by atoms with Gasteiger partial charge in [0.1, 0.15) is 0 Å². The van der Waals surface area contributed by atoms with Gasteiger partial charge in [0.25, 0.3) is 0 Å². The molecule has 138 valence electrons. The highest BCUT2D eigenvalue weighted by atomic mass is 79.9. The molecule has 0 aliphatic heterocycles. The van der Waals surface area contributed by atoms with Crippen LogP contribution in [0.25, 0.3) is 5.57 Å². The van der Waals surface area contributed by atoms with E-state index in [0.717, 1.165) is 46.1 Å². The van der Waals surface area contributed by atoms with Crippen LogP contribution in [0, 0.1) is 12.3 Å². The topological polar surface area (TPSA) is 46.2 Å². The van der Waals surface area contributed by atoms with Crippen LogP contribution in [0.15, 0.2) is 46.9 Å². The molecule has 3 nitrogen and oxygen atoms in total. The van der Waals surface area contributed by atoms with Crippen LogP contribution in [-0.4, -0.2) is 11.7 Å². The Kier molecular flexibility index (Phi) is 4.55. The number of nitrogens with one attached hydrogen (secondary N) is 1. The molecule has 0 heterocycles. The smallest absolute Gasteiger partial charge is 0.221 e. The Morgan fingerprint density at radius 3 is 2.63 bits per heavy atom. The molecule has 0 spiro atoms. The van der Waals surface area contributed by atoms with Crippen LogP contribution < -0.4 is 5.32 Å². The van der Waals surface area contributed by atoms with Gasteiger partial charge in [0.15, 0.2) is 5.78 Å². The molecule has 1 unspecified atom stereocenters. The fourth-order valence-electron chi connectivity index (χ4n) is 4.65. The zero-order valence-corrected chi connectivity index (χ0v) is 17.2. The highest BCUT2D eigenvalue weighted by molar-refractivity contribution is 9.12. The summed E-state index contributed by atoms with van der Waals surface area (Å²) in [6, 6.07) is 14.5. The third-order valence-corrected chi connectivity index (χ3v) is 6.74. The van der Waals surface area contributed by atoms with E-state index in [1.54, 1.807) is 0 Å². The summed E-state index contributed by atoms with van der Waals surface area (Å²) < 4.78 is 0.732. The zero-order valence-electron chi connectivity index (χ0n) is 15.6. The molecule has 0 fully saturated rings. The number of allylic oxidation sites excluding steroid dienone is 2. The van der Waals surface area contributed by atoms with E-state index in [1.807, 2.05) is 12.1 Å². The highest BCUT2D eigenvalue weighted by Gasteiger charge is 2.47. The summed E-state index contributed by atoms with van der Waals surface area (Å²) in [6.07, 6.45) is 3.24. The Labute approximate surface area is 168 Å². The van der Waals surface area contributed by atoms with Crippen molar-refractivity contribution in [1.29, 1.82) is 0 Å². The van der Waals surface area contributed by atoms with Gasteiger partial charge in [0.2, 0.25) is 5.91 Å². The molecule has 0 aromatic heterocycles. The SMILES string of the molecule is CC(=O)Nc1ccc2c(c1C)CC1(Cc3ccccc3)CCC(=O)C(Br)=C21. The third-order valence-electron chi connectivity index (χ3n) is 5.90. The van der Waals surface area contributed by atoms with Crippen LogP contribution in [-0.2, 0) is 22.4 Å². The van der Waals surface area contributed by atoms with Gasteiger partial charge in [-0.25, -0.2) is 0 Å². The van der Waals surface area contributed by atoms with E-state index in [-0.39, 0.29) is 17.1 Å². The first-order valence-electron chi connectivity index (χ1n) is 9.29. The molecule has 1 amide bonds. The van der Waals surface area contributed by atoms with Crippen LogP contribution in [0.3, 0.4) is 0 Å². The lowest BCUT2D eigenvalue weighted by molar-refractivity contribution is -0.116. The van der Waals surface area contributed by atoms with Gasteiger partial charge in [0.05, 0.1) is 4.48 Å². The molecule has 2 aliphatic rings. The molecule has 1 N–H and O–H groups in total. The standard InChI is InChI=1S/C23H22BrNO2/c1-14-18-13-23(12-16-6-4-3-5-7-16)11-10-20(27)22(24)21(23)17(18)8-9-19(14)25-15(2)26/h3-9H,10-13H2,1-2H3,(H,25,26). The number of Topliss-reactive ketones (excluding diaryl/α,β-unsaturated/α-hetero) is 1. The van der Waals surface area contributed by atoms with Crippen molar-refractivity contribution in [3.8, 4) is 0 Å². The molecule has 4 heteroatoms. The Balaban J connectivity index is 1.86. The van der Waals surface area contributed by atoms with Crippen LogP contribution >= 0.6 is 15.9 Å². The van der Waals surface area contributed by atoms with Crippen molar-refractivity contribution in [2.45, 2.75) is 39.5 Å². The summed E-state index contributed by atoms with van der Waals surface area (Å²) in [5.41, 5.74) is 6.72. The molecule has 2 aromatic carbocycles. The number of halogens is 1. The molecule has 2 aliphatic carbocycles. The number of carbonyl (C=O) groups is 2. The maximum absolute atomic E-state index is 12.5. The summed E-state index contributed by atoms with van der Waals surface area (Å²) in [5, 5.41) is 2.93. The fraction of sp³-hybridized carbons (Fsp3) is 0.304. The molecule has 0 radical (unpaired) electrons. The van der Waals surface area contributed by atoms with Crippen LogP contribution in [0.2, 0.25) is 0 Å². The quantitative estimate of drug-likeness (QED) is 0.736. The van der Waals surface area contributed by atoms with Gasteiger partial charge in [-0.15, -0.1) is 0 Å². The predicted molar refractivity (Wildman–Crippen MR) is 112 cm³/mol. The van der Waals surface area contributed by atoms with Crippen LogP contribution in [0.1, 0.15) is 42.0 Å². The Hall–Kier alpha value is -2.20. The number of hydrogen-bond donors (Lipinski definition) is 1. The molecule has 2 aromatic rings. The first-order chi connectivity index (χ1) is 12.9. The van der Waals surface area contributed by atoms with Gasteiger partial charge < -0.3 is 5.32 Å². The predicted octanol–water partition coefficient (Wildman–Crippen LogP) is 5.21. The third kappa shape index (κ3) is 3.06. The van der Waals surface area contributed by atoms with Gasteiger partial charge >= 0.3 is 0 Å². The number of benzene rings is 2. The number of amides is 1. The summed E-state index contributed by atoms with van der Waals surface area (Å²) >= 11 is 3.62. The first-order valence-corrected chi connectivity index (χ1v) is 10.1. The van der Waals surface area contributed by atoms with Crippen LogP contribution in [0.5, 0.6) is 0 Å². The highest BCUT2D eigenvalue weighted by Crippen LogP contribution is 2.57. The van der Waals surface area contributed by atoms with Crippen molar-refractivity contribution < 1.29 is 9.59 Å². The second-order valence-corrected chi connectivity index (χ2v) is 8.47. The molecule has 1 atom stereocenters. The summed E-state index contributed by atoms with van der Waals surface area (Å²) in [7, 11) is 0. The second-order valence-electron chi connectivity index (χ2n) is 7.68. The fourth-order valence-corrected chi connectivity index (χ4v) is 5.48. The van der Waals surface area contributed by atoms with Crippen molar-refractivity contribution >= 4 is 38.9 Å². The molecule has 0 bridgehead atoms. The minimum absolute atomic E-state index is 0.0666. The zero-order chi connectivity index (χ0) is 19.2. The number of hydrogen-bond acceptors (Lipinski definition) is 2. The Morgan fingerprint density at radius 2 is 1.93 bits per heavy atom. The molecule has 0 saturated heterocycles. The van der Waals surface area contributed by atoms with Crippen molar-refractivity contribution in [2.75, 3.05) is 5.32 Å². The van der Waals surface area contributed by atoms with E-state index in [4.69, 9.17) is 0 Å². The molecule has 4 rings (SSSR count). The van der Waals surface area contributed by atoms with Crippen molar-refractivity contribution in [1.82, 2.24) is 0 Å². The van der Waals surface area contributed by atoms with E-state index in [0.29, 0.717) is 6.42 Å². The summed E-state index contributed by atoms with van der Waals surface area (Å²) in [6.45, 7) is 3.59. The molecular formula is C23H22BrNO2. The minimum Gasteiger partial charge on any atom is -0.326 e.